The van der Waals surface area contributed by atoms with E-state index in [4.69, 9.17) is 4.74 Å². The third kappa shape index (κ3) is 5.15. The Balaban J connectivity index is 1.30. The van der Waals surface area contributed by atoms with Crippen LogP contribution in [0.2, 0.25) is 0 Å². The van der Waals surface area contributed by atoms with Gasteiger partial charge in [0.2, 0.25) is 11.8 Å². The van der Waals surface area contributed by atoms with Gasteiger partial charge >= 0.3 is 0 Å². The van der Waals surface area contributed by atoms with E-state index in [2.05, 4.69) is 4.90 Å². The molecule has 0 atom stereocenters. The largest absolute Gasteiger partial charge is 0.497 e. The van der Waals surface area contributed by atoms with E-state index in [1.165, 1.54) is 6.92 Å². The normalized spacial score (nSPS) is 19.0. The van der Waals surface area contributed by atoms with Gasteiger partial charge in [-0.05, 0) is 49.2 Å². The van der Waals surface area contributed by atoms with Crippen LogP contribution in [0.25, 0.3) is 0 Å². The minimum Gasteiger partial charge on any atom is -0.497 e. The first-order valence-corrected chi connectivity index (χ1v) is 13.4. The van der Waals surface area contributed by atoms with Crippen LogP contribution in [-0.4, -0.2) is 108 Å². The van der Waals surface area contributed by atoms with Crippen LogP contribution >= 0.6 is 0 Å². The summed E-state index contributed by atoms with van der Waals surface area (Å²) in [5.41, 5.74) is 0.693. The molecule has 0 bridgehead atoms. The van der Waals surface area contributed by atoms with Crippen LogP contribution in [0.3, 0.4) is 0 Å². The second-order valence-electron chi connectivity index (χ2n) is 10.3. The molecule has 4 amide bonds. The first-order valence-electron chi connectivity index (χ1n) is 13.4. The van der Waals surface area contributed by atoms with Crippen LogP contribution in [0.4, 0.5) is 5.69 Å². The third-order valence-corrected chi connectivity index (χ3v) is 8.20. The van der Waals surface area contributed by atoms with Crippen LogP contribution in [0, 0.1) is 0 Å². The number of hydrogen-bond acceptors (Lipinski definition) is 6. The van der Waals surface area contributed by atoms with Crippen LogP contribution in [-0.2, 0) is 14.4 Å². The van der Waals surface area contributed by atoms with E-state index in [-0.39, 0.29) is 30.2 Å². The maximum Gasteiger partial charge on any atom is 0.253 e. The number of ether oxygens (including phenoxy) is 1. The number of anilines is 1. The van der Waals surface area contributed by atoms with Crippen molar-refractivity contribution in [2.45, 2.75) is 25.3 Å². The lowest BCUT2D eigenvalue weighted by atomic mass is 9.85. The van der Waals surface area contributed by atoms with Gasteiger partial charge in [0.15, 0.2) is 0 Å². The average Bonchev–Trinajstić information content (AvgIpc) is 3.23. The Labute approximate surface area is 228 Å². The number of rotatable bonds is 5. The van der Waals surface area contributed by atoms with Crippen molar-refractivity contribution in [1.82, 2.24) is 19.6 Å². The number of carbonyl (C=O) groups excluding carboxylic acids is 4. The van der Waals surface area contributed by atoms with Gasteiger partial charge in [0, 0.05) is 57.4 Å². The molecule has 3 saturated heterocycles. The van der Waals surface area contributed by atoms with Gasteiger partial charge in [-0.1, -0.05) is 18.2 Å². The van der Waals surface area contributed by atoms with Gasteiger partial charge in [0.05, 0.1) is 13.8 Å². The lowest BCUT2D eigenvalue weighted by molar-refractivity contribution is -0.143. The fourth-order valence-corrected chi connectivity index (χ4v) is 5.85. The fourth-order valence-electron chi connectivity index (χ4n) is 5.85. The summed E-state index contributed by atoms with van der Waals surface area (Å²) < 4.78 is 5.20. The van der Waals surface area contributed by atoms with E-state index >= 15 is 0 Å². The summed E-state index contributed by atoms with van der Waals surface area (Å²) in [5, 5.41) is 0. The molecule has 10 heteroatoms. The SMILES string of the molecule is COc1ccc(C(=O)N2CCC3(CC2)C(=O)N(CC(=O)N2CCN(C(C)=O)CC2)CN3c2ccccc2)cc1. The summed E-state index contributed by atoms with van der Waals surface area (Å²) in [6.07, 6.45) is 0.954. The first kappa shape index (κ1) is 26.5. The number of amides is 4. The first-order chi connectivity index (χ1) is 18.8. The maximum absolute atomic E-state index is 14.0. The van der Waals surface area contributed by atoms with E-state index < -0.39 is 5.54 Å². The van der Waals surface area contributed by atoms with Crippen molar-refractivity contribution in [1.29, 1.82) is 0 Å². The van der Waals surface area contributed by atoms with Gasteiger partial charge in [0.25, 0.3) is 11.8 Å². The highest BCUT2D eigenvalue weighted by Crippen LogP contribution is 2.39. The summed E-state index contributed by atoms with van der Waals surface area (Å²) in [4.78, 5) is 61.0. The van der Waals surface area contributed by atoms with E-state index in [1.54, 1.807) is 51.0 Å². The van der Waals surface area contributed by atoms with Crippen molar-refractivity contribution in [2.75, 3.05) is 64.5 Å². The Morgan fingerprint density at radius 2 is 1.44 bits per heavy atom. The molecular formula is C29H35N5O5. The van der Waals surface area contributed by atoms with Crippen molar-refractivity contribution in [3.05, 3.63) is 60.2 Å². The minimum absolute atomic E-state index is 0.00151. The summed E-state index contributed by atoms with van der Waals surface area (Å²) in [6, 6.07) is 16.8. The summed E-state index contributed by atoms with van der Waals surface area (Å²) in [5.74, 6) is 0.451. The van der Waals surface area contributed by atoms with E-state index in [0.29, 0.717) is 70.1 Å². The molecule has 39 heavy (non-hydrogen) atoms. The van der Waals surface area contributed by atoms with Crippen LogP contribution < -0.4 is 9.64 Å². The van der Waals surface area contributed by atoms with Crippen LogP contribution in [0.15, 0.2) is 54.6 Å². The van der Waals surface area contributed by atoms with Gasteiger partial charge < -0.3 is 29.2 Å². The number of carbonyl (C=O) groups is 4. The maximum atomic E-state index is 14.0. The van der Waals surface area contributed by atoms with E-state index in [0.717, 1.165) is 5.69 Å². The monoisotopic (exact) mass is 533 g/mol. The molecular weight excluding hydrogens is 498 g/mol. The molecule has 0 aromatic heterocycles. The van der Waals surface area contributed by atoms with Gasteiger partial charge in [-0.3, -0.25) is 19.2 Å². The van der Waals surface area contributed by atoms with Crippen molar-refractivity contribution < 1.29 is 23.9 Å². The highest BCUT2D eigenvalue weighted by atomic mass is 16.5. The fraction of sp³-hybridized carbons (Fsp3) is 0.448. The number of piperidine rings is 1. The molecule has 3 aliphatic rings. The minimum atomic E-state index is -0.814. The van der Waals surface area contributed by atoms with Gasteiger partial charge in [-0.25, -0.2) is 0 Å². The molecule has 206 valence electrons. The molecule has 10 nitrogen and oxygen atoms in total. The Morgan fingerprint density at radius 1 is 0.821 bits per heavy atom. The smallest absolute Gasteiger partial charge is 0.253 e. The molecule has 0 saturated carbocycles. The number of methoxy groups -OCH3 is 1. The predicted octanol–water partition coefficient (Wildman–Crippen LogP) is 1.67. The number of hydrogen-bond donors (Lipinski definition) is 0. The molecule has 2 aromatic rings. The molecule has 0 unspecified atom stereocenters. The molecule has 3 fully saturated rings. The van der Waals surface area contributed by atoms with E-state index in [1.807, 2.05) is 30.3 Å². The van der Waals surface area contributed by atoms with Gasteiger partial charge in [0.1, 0.15) is 17.8 Å². The molecule has 1 spiro atoms. The van der Waals surface area contributed by atoms with Crippen molar-refractivity contribution in [2.24, 2.45) is 0 Å². The second-order valence-corrected chi connectivity index (χ2v) is 10.3. The Hall–Kier alpha value is -4.08. The summed E-state index contributed by atoms with van der Waals surface area (Å²) >= 11 is 0. The summed E-state index contributed by atoms with van der Waals surface area (Å²) in [6.45, 7) is 4.68. The molecule has 5 rings (SSSR count). The van der Waals surface area contributed by atoms with Crippen molar-refractivity contribution in [3.8, 4) is 5.75 Å². The second kappa shape index (κ2) is 11.0. The Kier molecular flexibility index (Phi) is 7.45. The predicted molar refractivity (Wildman–Crippen MR) is 145 cm³/mol. The highest BCUT2D eigenvalue weighted by molar-refractivity contribution is 5.97. The Bertz CT molecular complexity index is 1220. The molecule has 3 aliphatic heterocycles. The van der Waals surface area contributed by atoms with Crippen molar-refractivity contribution >= 4 is 29.3 Å². The zero-order valence-corrected chi connectivity index (χ0v) is 22.5. The van der Waals surface area contributed by atoms with Gasteiger partial charge in [-0.2, -0.15) is 0 Å². The number of likely N-dealkylation sites (tertiary alicyclic amines) is 1. The van der Waals surface area contributed by atoms with Gasteiger partial charge in [-0.15, -0.1) is 0 Å². The van der Waals surface area contributed by atoms with Crippen molar-refractivity contribution in [3.63, 3.8) is 0 Å². The molecule has 0 N–H and O–H groups in total. The lowest BCUT2D eigenvalue weighted by Crippen LogP contribution is -2.57. The number of piperazine rings is 1. The molecule has 3 heterocycles. The number of nitrogens with zero attached hydrogens (tertiary/aromatic N) is 5. The molecule has 0 radical (unpaired) electrons. The topological polar surface area (TPSA) is 93.7 Å². The summed E-state index contributed by atoms with van der Waals surface area (Å²) in [7, 11) is 1.59. The molecule has 2 aromatic carbocycles. The number of benzene rings is 2. The average molecular weight is 534 g/mol. The highest BCUT2D eigenvalue weighted by Gasteiger charge is 2.54. The van der Waals surface area contributed by atoms with Crippen LogP contribution in [0.5, 0.6) is 5.75 Å². The molecule has 0 aliphatic carbocycles. The quantitative estimate of drug-likeness (QED) is 0.581. The third-order valence-electron chi connectivity index (χ3n) is 8.20. The zero-order chi connectivity index (χ0) is 27.6. The van der Waals surface area contributed by atoms with Crippen LogP contribution in [0.1, 0.15) is 30.1 Å². The number of para-hydroxylation sites is 1. The standard InChI is InChI=1S/C29H35N5O5/c1-22(35)30-16-18-31(19-17-30)26(36)20-33-21-34(24-6-4-3-5-7-24)29(28(33)38)12-14-32(15-13-29)27(37)23-8-10-25(39-2)11-9-23/h3-11H,12-21H2,1-2H3. The lowest BCUT2D eigenvalue weighted by Gasteiger charge is -2.43. The Morgan fingerprint density at radius 3 is 2.03 bits per heavy atom. The van der Waals surface area contributed by atoms with E-state index in [9.17, 15) is 19.2 Å². The zero-order valence-electron chi connectivity index (χ0n) is 22.5.